The molecule has 1 amide bonds. The number of hydrogen-bond donors (Lipinski definition) is 2. The number of carbonyl (C=O) groups is 1. The molecule has 0 radical (unpaired) electrons. The fraction of sp³-hybridized carbons (Fsp3) is 0.500. The summed E-state index contributed by atoms with van der Waals surface area (Å²) in [7, 11) is 0. The van der Waals surface area contributed by atoms with Crippen LogP contribution in [0.1, 0.15) is 24.2 Å². The van der Waals surface area contributed by atoms with Crippen LogP contribution >= 0.6 is 28.3 Å². The van der Waals surface area contributed by atoms with Crippen LogP contribution < -0.4 is 10.9 Å². The van der Waals surface area contributed by atoms with Gasteiger partial charge in [0.15, 0.2) is 0 Å². The summed E-state index contributed by atoms with van der Waals surface area (Å²) < 4.78 is 0.379. The predicted molar refractivity (Wildman–Crippen MR) is 80.0 cm³/mol. The summed E-state index contributed by atoms with van der Waals surface area (Å²) in [6.45, 7) is 5.47. The zero-order valence-corrected chi connectivity index (χ0v) is 13.2. The van der Waals surface area contributed by atoms with Crippen LogP contribution in [0.15, 0.2) is 21.5 Å². The largest absolute Gasteiger partial charge is 0.335 e. The lowest BCUT2D eigenvalue weighted by molar-refractivity contribution is 0.0673. The third-order valence-corrected chi connectivity index (χ3v) is 3.54. The summed E-state index contributed by atoms with van der Waals surface area (Å²) in [5.41, 5.74) is 0.274. The van der Waals surface area contributed by atoms with Gasteiger partial charge in [-0.25, -0.2) is 0 Å². The summed E-state index contributed by atoms with van der Waals surface area (Å²) >= 11 is 3.14. The molecule has 2 N–H and O–H groups in total. The molecule has 2 rings (SSSR count). The Morgan fingerprint density at radius 1 is 1.37 bits per heavy atom. The zero-order chi connectivity index (χ0) is 13.3. The second-order valence-electron chi connectivity index (χ2n) is 4.74. The average molecular weight is 351 g/mol. The molecule has 7 heteroatoms. The average Bonchev–Trinajstić information content (AvgIpc) is 2.30. The normalized spacial score (nSPS) is 22.8. The van der Waals surface area contributed by atoms with E-state index in [0.29, 0.717) is 23.1 Å². The Hall–Kier alpha value is -0.850. The first-order chi connectivity index (χ1) is 8.47. The van der Waals surface area contributed by atoms with Gasteiger partial charge in [-0.05, 0) is 35.8 Å². The van der Waals surface area contributed by atoms with Crippen LogP contribution in [-0.4, -0.2) is 41.0 Å². The molecule has 0 bridgehead atoms. The highest BCUT2D eigenvalue weighted by Gasteiger charge is 2.25. The Morgan fingerprint density at radius 2 is 1.95 bits per heavy atom. The van der Waals surface area contributed by atoms with E-state index >= 15 is 0 Å². The van der Waals surface area contributed by atoms with Crippen molar-refractivity contribution in [2.75, 3.05) is 13.1 Å². The van der Waals surface area contributed by atoms with Gasteiger partial charge < -0.3 is 15.2 Å². The third kappa shape index (κ3) is 3.81. The number of halogens is 2. The number of pyridine rings is 1. The van der Waals surface area contributed by atoms with Crippen molar-refractivity contribution in [3.8, 4) is 0 Å². The van der Waals surface area contributed by atoms with Gasteiger partial charge in [-0.1, -0.05) is 0 Å². The number of nitrogens with zero attached hydrogens (tertiary/aromatic N) is 1. The molecule has 2 unspecified atom stereocenters. The number of H-pyrrole nitrogens is 1. The van der Waals surface area contributed by atoms with Crippen molar-refractivity contribution >= 4 is 34.2 Å². The Morgan fingerprint density at radius 3 is 2.47 bits per heavy atom. The van der Waals surface area contributed by atoms with Gasteiger partial charge in [-0.2, -0.15) is 0 Å². The summed E-state index contributed by atoms with van der Waals surface area (Å²) in [6.07, 6.45) is 1.47. The minimum atomic E-state index is -0.228. The summed E-state index contributed by atoms with van der Waals surface area (Å²) in [5.74, 6) is -0.0489. The number of amides is 1. The van der Waals surface area contributed by atoms with Crippen molar-refractivity contribution in [2.45, 2.75) is 25.9 Å². The minimum absolute atomic E-state index is 0. The molecule has 0 aromatic carbocycles. The molecule has 0 spiro atoms. The second-order valence-corrected chi connectivity index (χ2v) is 5.60. The highest BCUT2D eigenvalue weighted by molar-refractivity contribution is 9.10. The highest BCUT2D eigenvalue weighted by atomic mass is 79.9. The molecule has 0 saturated carbocycles. The lowest BCUT2D eigenvalue weighted by Crippen LogP contribution is -2.55. The molecule has 19 heavy (non-hydrogen) atoms. The first kappa shape index (κ1) is 16.2. The molecule has 1 aromatic rings. The molecule has 0 aliphatic carbocycles. The lowest BCUT2D eigenvalue weighted by atomic mass is 10.1. The van der Waals surface area contributed by atoms with Crippen molar-refractivity contribution in [3.63, 3.8) is 0 Å². The molecule has 1 aliphatic rings. The Labute approximate surface area is 126 Å². The van der Waals surface area contributed by atoms with Gasteiger partial charge in [0.05, 0.1) is 10.0 Å². The van der Waals surface area contributed by atoms with Crippen molar-refractivity contribution < 1.29 is 4.79 Å². The van der Waals surface area contributed by atoms with Gasteiger partial charge in [0, 0.05) is 31.4 Å². The van der Waals surface area contributed by atoms with Crippen LogP contribution in [0, 0.1) is 0 Å². The number of rotatable bonds is 1. The van der Waals surface area contributed by atoms with E-state index in [1.165, 1.54) is 6.20 Å². The van der Waals surface area contributed by atoms with E-state index in [2.05, 4.69) is 40.1 Å². The van der Waals surface area contributed by atoms with Crippen LogP contribution in [0.5, 0.6) is 0 Å². The molecular weight excluding hydrogens is 334 g/mol. The SMILES string of the molecule is CC1CN(C(=O)c2c[nH]c(=O)c(Br)c2)CC(C)N1.Cl. The molecule has 1 aromatic heterocycles. The molecule has 2 atom stereocenters. The quantitative estimate of drug-likeness (QED) is 0.804. The summed E-state index contributed by atoms with van der Waals surface area (Å²) in [4.78, 5) is 27.9. The van der Waals surface area contributed by atoms with E-state index in [4.69, 9.17) is 0 Å². The Kier molecular flexibility index (Phi) is 5.58. The van der Waals surface area contributed by atoms with Crippen LogP contribution in [-0.2, 0) is 0 Å². The van der Waals surface area contributed by atoms with Crippen LogP contribution in [0.4, 0.5) is 0 Å². The van der Waals surface area contributed by atoms with Crippen LogP contribution in [0.2, 0.25) is 0 Å². The molecular formula is C12H17BrClN3O2. The number of carbonyl (C=O) groups excluding carboxylic acids is 1. The standard InChI is InChI=1S/C12H16BrN3O2.ClH/c1-7-5-16(6-8(2)15-7)12(18)9-3-10(13)11(17)14-4-9;/h3-4,7-8,15H,5-6H2,1-2H3,(H,14,17);1H. The topological polar surface area (TPSA) is 65.2 Å². The monoisotopic (exact) mass is 349 g/mol. The number of hydrogen-bond acceptors (Lipinski definition) is 3. The highest BCUT2D eigenvalue weighted by Crippen LogP contribution is 2.11. The molecule has 2 heterocycles. The molecule has 106 valence electrons. The first-order valence-corrected chi connectivity index (χ1v) is 6.70. The first-order valence-electron chi connectivity index (χ1n) is 5.91. The Balaban J connectivity index is 0.00000180. The summed E-state index contributed by atoms with van der Waals surface area (Å²) in [5, 5.41) is 3.38. The smallest absolute Gasteiger partial charge is 0.262 e. The van der Waals surface area contributed by atoms with Gasteiger partial charge in [0.2, 0.25) is 0 Å². The number of nitrogens with one attached hydrogen (secondary N) is 2. The number of aromatic amines is 1. The van der Waals surface area contributed by atoms with Gasteiger partial charge in [0.1, 0.15) is 0 Å². The molecule has 1 saturated heterocycles. The number of piperazine rings is 1. The van der Waals surface area contributed by atoms with Gasteiger partial charge in [-0.3, -0.25) is 9.59 Å². The fourth-order valence-corrected chi connectivity index (χ4v) is 2.62. The summed E-state index contributed by atoms with van der Waals surface area (Å²) in [6, 6.07) is 2.13. The van der Waals surface area contributed by atoms with E-state index < -0.39 is 0 Å². The van der Waals surface area contributed by atoms with Crippen molar-refractivity contribution in [1.29, 1.82) is 0 Å². The van der Waals surface area contributed by atoms with E-state index in [9.17, 15) is 9.59 Å². The van der Waals surface area contributed by atoms with Crippen LogP contribution in [0.25, 0.3) is 0 Å². The van der Waals surface area contributed by atoms with E-state index in [0.717, 1.165) is 0 Å². The van der Waals surface area contributed by atoms with Gasteiger partial charge >= 0.3 is 0 Å². The van der Waals surface area contributed by atoms with Crippen molar-refractivity contribution in [3.05, 3.63) is 32.7 Å². The molecule has 5 nitrogen and oxygen atoms in total. The third-order valence-electron chi connectivity index (χ3n) is 2.95. The van der Waals surface area contributed by atoms with E-state index in [-0.39, 0.29) is 36.0 Å². The van der Waals surface area contributed by atoms with E-state index in [1.807, 2.05) is 4.90 Å². The zero-order valence-electron chi connectivity index (χ0n) is 10.8. The predicted octanol–water partition coefficient (Wildman–Crippen LogP) is 1.38. The van der Waals surface area contributed by atoms with Crippen LogP contribution in [0.3, 0.4) is 0 Å². The maximum absolute atomic E-state index is 12.3. The molecule has 1 fully saturated rings. The number of aromatic nitrogens is 1. The van der Waals surface area contributed by atoms with Gasteiger partial charge in [-0.15, -0.1) is 12.4 Å². The Bertz CT molecular complexity index is 510. The lowest BCUT2D eigenvalue weighted by Gasteiger charge is -2.36. The minimum Gasteiger partial charge on any atom is -0.335 e. The fourth-order valence-electron chi connectivity index (χ4n) is 2.25. The van der Waals surface area contributed by atoms with Gasteiger partial charge in [0.25, 0.3) is 11.5 Å². The van der Waals surface area contributed by atoms with Crippen molar-refractivity contribution in [2.24, 2.45) is 0 Å². The second kappa shape index (κ2) is 6.54. The van der Waals surface area contributed by atoms with E-state index in [1.54, 1.807) is 6.07 Å². The maximum atomic E-state index is 12.3. The van der Waals surface area contributed by atoms with Crippen molar-refractivity contribution in [1.82, 2.24) is 15.2 Å². The molecule has 1 aliphatic heterocycles. The maximum Gasteiger partial charge on any atom is 0.262 e.